The van der Waals surface area contributed by atoms with Crippen molar-refractivity contribution in [2.24, 2.45) is 0 Å². The molecule has 0 spiro atoms. The largest absolute Gasteiger partial charge is 0.741 e. The Labute approximate surface area is 261 Å². The molecule has 3 nitrogen and oxygen atoms in total. The zero-order valence-corrected chi connectivity index (χ0v) is 25.9. The summed E-state index contributed by atoms with van der Waals surface area (Å²) in [4.78, 5) is 0.933. The molecule has 43 heavy (non-hydrogen) atoms. The molecule has 6 rings (SSSR count). The Hall–Kier alpha value is -3.37. The molecule has 9 heteroatoms. The van der Waals surface area contributed by atoms with E-state index in [2.05, 4.69) is 153 Å². The maximum atomic E-state index is 10.7. The molecule has 0 amide bonds. The third-order valence-corrected chi connectivity index (χ3v) is 10.0. The van der Waals surface area contributed by atoms with E-state index in [-0.39, 0.29) is 0 Å². The molecule has 0 aliphatic rings. The van der Waals surface area contributed by atoms with Crippen molar-refractivity contribution in [3.05, 3.63) is 140 Å². The van der Waals surface area contributed by atoms with E-state index in [0.717, 1.165) is 4.89 Å². The van der Waals surface area contributed by atoms with Crippen LogP contribution in [0.15, 0.2) is 140 Å². The van der Waals surface area contributed by atoms with Crippen molar-refractivity contribution in [1.29, 1.82) is 0 Å². The van der Waals surface area contributed by atoms with Crippen molar-refractivity contribution < 1.29 is 45.3 Å². The van der Waals surface area contributed by atoms with Crippen LogP contribution in [0.2, 0.25) is 4.89 Å². The number of alkyl halides is 3. The normalized spacial score (nSPS) is 11.5. The third-order valence-electron chi connectivity index (χ3n) is 6.40. The molecule has 0 bridgehead atoms. The summed E-state index contributed by atoms with van der Waals surface area (Å²) in [6.45, 7) is 3.44. The molecule has 0 N–H and O–H groups in total. The quantitative estimate of drug-likeness (QED) is 0.0612. The number of fused-ring (bicyclic) bond motifs is 3. The number of hydrogen-bond acceptors (Lipinski definition) is 3. The van der Waals surface area contributed by atoms with E-state index in [1.54, 1.807) is 0 Å². The van der Waals surface area contributed by atoms with Crippen LogP contribution in [-0.4, -0.2) is 18.5 Å². The van der Waals surface area contributed by atoms with Gasteiger partial charge in [0.2, 0.25) is 0 Å². The van der Waals surface area contributed by atoms with Gasteiger partial charge in [0.15, 0.2) is 10.1 Å². The van der Waals surface area contributed by atoms with Gasteiger partial charge in [0.1, 0.15) is 0 Å². The van der Waals surface area contributed by atoms with Crippen LogP contribution < -0.4 is 15.9 Å². The maximum absolute atomic E-state index is 10.7. The molecular weight excluding hydrogens is 683 g/mol. The second-order valence-corrected chi connectivity index (χ2v) is 13.3. The van der Waals surface area contributed by atoms with Crippen LogP contribution in [0.3, 0.4) is 0 Å². The smallest absolute Gasteiger partial charge is 0.485 e. The van der Waals surface area contributed by atoms with Crippen LogP contribution >= 0.6 is 7.92 Å². The average Bonchev–Trinajstić information content (AvgIpc) is 3.01. The van der Waals surface area contributed by atoms with E-state index >= 15 is 0 Å². The van der Waals surface area contributed by atoms with Crippen molar-refractivity contribution in [3.8, 4) is 0 Å². The van der Waals surface area contributed by atoms with Crippen molar-refractivity contribution in [2.75, 3.05) is 0 Å². The summed E-state index contributed by atoms with van der Waals surface area (Å²) >= 11 is 2.92. The van der Waals surface area contributed by atoms with Crippen LogP contribution in [-0.2, 0) is 29.3 Å². The zero-order valence-electron chi connectivity index (χ0n) is 22.6. The first-order valence-corrected chi connectivity index (χ1v) is 16.8. The van der Waals surface area contributed by atoms with Gasteiger partial charge in [0, 0.05) is 0 Å². The predicted molar refractivity (Wildman–Crippen MR) is 168 cm³/mol. The summed E-state index contributed by atoms with van der Waals surface area (Å²) in [5.41, 5.74) is -5.65. The Balaban J connectivity index is 0.000000301. The van der Waals surface area contributed by atoms with Crippen molar-refractivity contribution in [3.63, 3.8) is 0 Å². The summed E-state index contributed by atoms with van der Waals surface area (Å²) in [5, 5.41) is 12.2. The monoisotopic (exact) mass is 708 g/mol. The maximum Gasteiger partial charge on any atom is 0.485 e. The first kappa shape index (κ1) is 32.5. The molecule has 0 aliphatic carbocycles. The Morgan fingerprint density at radius 2 is 0.884 bits per heavy atom. The number of allylic oxidation sites excluding steroid dienone is 1. The molecule has 0 saturated heterocycles. The molecule has 0 unspecified atom stereocenters. The van der Waals surface area contributed by atoms with Gasteiger partial charge in [0.05, 0.1) is 0 Å². The fourth-order valence-electron chi connectivity index (χ4n) is 4.60. The summed E-state index contributed by atoms with van der Waals surface area (Å²) in [7, 11) is -6.84. The molecule has 0 fully saturated rings. The zero-order chi connectivity index (χ0) is 31.0. The van der Waals surface area contributed by atoms with Crippen LogP contribution in [0.1, 0.15) is 0 Å². The van der Waals surface area contributed by atoms with Gasteiger partial charge in [-0.2, -0.15) is 13.2 Å². The van der Waals surface area contributed by atoms with Crippen molar-refractivity contribution in [1.82, 2.24) is 0 Å². The van der Waals surface area contributed by atoms with Gasteiger partial charge in [-0.15, -0.1) is 0 Å². The van der Waals surface area contributed by atoms with Crippen LogP contribution in [0, 0.1) is 0 Å². The third kappa shape index (κ3) is 7.78. The van der Waals surface area contributed by atoms with E-state index in [0.29, 0.717) is 0 Å². The summed E-state index contributed by atoms with van der Waals surface area (Å²) < 4.78 is 58.9. The molecule has 0 aromatic heterocycles. The van der Waals surface area contributed by atoms with E-state index in [9.17, 15) is 13.2 Å². The molecule has 0 radical (unpaired) electrons. The van der Waals surface area contributed by atoms with Crippen LogP contribution in [0.4, 0.5) is 13.2 Å². The summed E-state index contributed by atoms with van der Waals surface area (Å²) in [6, 6.07) is 46.6. The van der Waals surface area contributed by atoms with Crippen LogP contribution in [0.25, 0.3) is 32.3 Å². The van der Waals surface area contributed by atoms with Gasteiger partial charge < -0.3 is 4.55 Å². The Bertz CT molecular complexity index is 1770. The minimum absolute atomic E-state index is 0.745. The first-order chi connectivity index (χ1) is 20.6. The van der Waals surface area contributed by atoms with Gasteiger partial charge in [-0.3, -0.25) is 0 Å². The Morgan fingerprint density at radius 3 is 1.14 bits per heavy atom. The first-order valence-electron chi connectivity index (χ1n) is 12.9. The van der Waals surface area contributed by atoms with E-state index in [1.807, 2.05) is 6.08 Å². The topological polar surface area (TPSA) is 57.2 Å². The summed E-state index contributed by atoms with van der Waals surface area (Å²) in [5.74, 6) is 0. The molecule has 0 aliphatic heterocycles. The van der Waals surface area contributed by atoms with Crippen molar-refractivity contribution >= 4 is 66.3 Å². The minimum Gasteiger partial charge on any atom is -0.741 e. The minimum atomic E-state index is -6.09. The van der Waals surface area contributed by atoms with Crippen LogP contribution in [0.5, 0.6) is 0 Å². The summed E-state index contributed by atoms with van der Waals surface area (Å²) in [6.07, 6.45) is 1.81. The van der Waals surface area contributed by atoms with E-state index < -0.39 is 23.5 Å². The van der Waals surface area contributed by atoms with Crippen molar-refractivity contribution in [2.45, 2.75) is 10.4 Å². The van der Waals surface area contributed by atoms with Gasteiger partial charge >= 0.3 is 42.3 Å². The van der Waals surface area contributed by atoms with E-state index in [4.69, 9.17) is 13.0 Å². The van der Waals surface area contributed by atoms with Gasteiger partial charge in [-0.25, -0.2) is 8.42 Å². The molecule has 0 saturated carbocycles. The fourth-order valence-corrected chi connectivity index (χ4v) is 7.42. The Kier molecular flexibility index (Phi) is 10.9. The molecule has 0 heterocycles. The number of hydrogen-bond donors (Lipinski definition) is 0. The van der Waals surface area contributed by atoms with Gasteiger partial charge in [0.25, 0.3) is 0 Å². The molecule has 6 aromatic rings. The molecule has 0 atom stereocenters. The van der Waals surface area contributed by atoms with E-state index in [1.165, 1.54) is 48.2 Å². The number of benzene rings is 6. The number of rotatable bonds is 4. The SMILES string of the molecule is C=C[CH2][Pd+].O=S(=O)([O-])C(F)(F)F.c1ccc2c(P(c3cccc4ccccc34)c3cccc4ccccc34)cccc2c1. The standard InChI is InChI=1S/C30H21P.C3H5.CHF3O3S.Pd/c1-4-16-25-22(10-1)13-7-19-28(25)31(29-20-8-14-23-11-2-5-17-26(23)29)30-21-9-15-24-12-3-6-18-27(24)30;1-3-2;2-1(3,4)8(5,6)7;/h1-21H;3H,1-2H2;(H,5,6,7);/q;;;+1/p-1. The van der Waals surface area contributed by atoms with Gasteiger partial charge in [-0.1, -0.05) is 127 Å². The van der Waals surface area contributed by atoms with Gasteiger partial charge in [-0.05, 0) is 56.2 Å². The Morgan fingerprint density at radius 1 is 0.628 bits per heavy atom. The second-order valence-electron chi connectivity index (χ2n) is 9.15. The predicted octanol–water partition coefficient (Wildman–Crippen LogP) is 8.09. The average molecular weight is 709 g/mol. The molecular formula is C34H26F3O3PPdS. The molecule has 6 aromatic carbocycles. The molecule has 222 valence electrons. The number of halogens is 3. The second kappa shape index (κ2) is 14.4. The fraction of sp³-hybridized carbons (Fsp3) is 0.0588.